The van der Waals surface area contributed by atoms with Crippen LogP contribution in [0.15, 0.2) is 24.4 Å². The van der Waals surface area contributed by atoms with Crippen LogP contribution in [-0.2, 0) is 20.9 Å². The molecule has 170 valence electrons. The van der Waals surface area contributed by atoms with Gasteiger partial charge in [-0.25, -0.2) is 9.48 Å². The van der Waals surface area contributed by atoms with Crippen LogP contribution in [0.3, 0.4) is 0 Å². The summed E-state index contributed by atoms with van der Waals surface area (Å²) in [5.41, 5.74) is 1.66. The summed E-state index contributed by atoms with van der Waals surface area (Å²) < 4.78 is 1.35. The Labute approximate surface area is 187 Å². The van der Waals surface area contributed by atoms with Gasteiger partial charge in [-0.2, -0.15) is 0 Å². The van der Waals surface area contributed by atoms with Crippen molar-refractivity contribution in [2.75, 3.05) is 6.54 Å². The summed E-state index contributed by atoms with van der Waals surface area (Å²) in [7, 11) is 0. The van der Waals surface area contributed by atoms with Crippen LogP contribution in [0.2, 0.25) is 0 Å². The smallest absolute Gasteiger partial charge is 0.326 e. The Morgan fingerprint density at radius 1 is 1.15 bits per heavy atom. The van der Waals surface area contributed by atoms with Gasteiger partial charge >= 0.3 is 5.97 Å². The predicted octanol–water partition coefficient (Wildman–Crippen LogP) is -0.282. The van der Waals surface area contributed by atoms with Crippen LogP contribution in [0.1, 0.15) is 52.1 Å². The van der Waals surface area contributed by atoms with Gasteiger partial charge in [0.1, 0.15) is 12.1 Å². The van der Waals surface area contributed by atoms with Gasteiger partial charge < -0.3 is 14.9 Å². The fourth-order valence-electron chi connectivity index (χ4n) is 4.59. The van der Waals surface area contributed by atoms with Crippen LogP contribution in [0.4, 0.5) is 0 Å². The zero-order valence-electron chi connectivity index (χ0n) is 17.4. The number of imide groups is 1. The normalized spacial score (nSPS) is 22.5. The summed E-state index contributed by atoms with van der Waals surface area (Å²) >= 11 is 0. The Morgan fingerprint density at radius 2 is 1.97 bits per heavy atom. The highest BCUT2D eigenvalue weighted by Gasteiger charge is 2.39. The number of hydrogen-bond acceptors (Lipinski definition) is 7. The number of fused-ring (bicyclic) bond motifs is 1. The maximum absolute atomic E-state index is 13.0. The van der Waals surface area contributed by atoms with E-state index in [4.69, 9.17) is 0 Å². The lowest BCUT2D eigenvalue weighted by Crippen LogP contribution is -2.52. The van der Waals surface area contributed by atoms with E-state index in [9.17, 15) is 29.1 Å². The number of aliphatic carboxylic acids is 1. The van der Waals surface area contributed by atoms with Crippen molar-refractivity contribution in [3.8, 4) is 5.69 Å². The van der Waals surface area contributed by atoms with Gasteiger partial charge in [-0.3, -0.25) is 24.5 Å². The minimum atomic E-state index is -1.05. The van der Waals surface area contributed by atoms with E-state index < -0.39 is 29.9 Å². The van der Waals surface area contributed by atoms with Gasteiger partial charge in [0.2, 0.25) is 11.8 Å². The minimum absolute atomic E-state index is 0.0140. The number of benzene rings is 1. The largest absolute Gasteiger partial charge is 0.480 e. The third-order valence-corrected chi connectivity index (χ3v) is 6.29. The number of carbonyl (C=O) groups excluding carboxylic acids is 4. The molecule has 12 heteroatoms. The summed E-state index contributed by atoms with van der Waals surface area (Å²) in [5.74, 6) is -2.70. The first-order valence-electron chi connectivity index (χ1n) is 10.6. The molecule has 2 fully saturated rings. The molecule has 0 radical (unpaired) electrons. The van der Waals surface area contributed by atoms with Crippen LogP contribution in [0.25, 0.3) is 5.69 Å². The Bertz CT molecular complexity index is 1210. The fraction of sp³-hybridized carbons (Fsp3) is 0.381. The number of hydrogen-bond donors (Lipinski definition) is 2. The monoisotopic (exact) mass is 452 g/mol. The summed E-state index contributed by atoms with van der Waals surface area (Å²) in [5, 5.41) is 19.5. The van der Waals surface area contributed by atoms with Crippen molar-refractivity contribution in [3.63, 3.8) is 0 Å². The highest BCUT2D eigenvalue weighted by Crippen LogP contribution is 2.29. The van der Waals surface area contributed by atoms with E-state index in [1.54, 1.807) is 18.2 Å². The lowest BCUT2D eigenvalue weighted by molar-refractivity contribution is -0.141. The molecule has 4 amide bonds. The molecule has 12 nitrogen and oxygen atoms in total. The molecule has 5 rings (SSSR count). The maximum Gasteiger partial charge on any atom is 0.326 e. The number of carboxylic acids is 1. The second kappa shape index (κ2) is 7.80. The molecule has 3 aliphatic rings. The first-order valence-corrected chi connectivity index (χ1v) is 10.6. The molecule has 4 heterocycles. The van der Waals surface area contributed by atoms with Gasteiger partial charge in [0.25, 0.3) is 11.8 Å². The average Bonchev–Trinajstić information content (AvgIpc) is 3.52. The van der Waals surface area contributed by atoms with E-state index in [0.717, 1.165) is 5.56 Å². The highest BCUT2D eigenvalue weighted by molar-refractivity contribution is 6.05. The molecule has 2 atom stereocenters. The van der Waals surface area contributed by atoms with Gasteiger partial charge in [-0.15, -0.1) is 5.10 Å². The van der Waals surface area contributed by atoms with E-state index in [2.05, 4.69) is 15.6 Å². The molecule has 0 bridgehead atoms. The summed E-state index contributed by atoms with van der Waals surface area (Å²) in [6, 6.07) is 3.50. The number of rotatable bonds is 4. The van der Waals surface area contributed by atoms with E-state index in [-0.39, 0.29) is 36.9 Å². The Morgan fingerprint density at radius 3 is 2.73 bits per heavy atom. The van der Waals surface area contributed by atoms with Gasteiger partial charge in [-0.05, 0) is 37.0 Å². The van der Waals surface area contributed by atoms with Crippen molar-refractivity contribution in [1.82, 2.24) is 30.1 Å². The lowest BCUT2D eigenvalue weighted by atomic mass is 10.0. The Balaban J connectivity index is 1.36. The van der Waals surface area contributed by atoms with E-state index >= 15 is 0 Å². The van der Waals surface area contributed by atoms with Crippen LogP contribution in [0, 0.1) is 0 Å². The van der Waals surface area contributed by atoms with E-state index in [0.29, 0.717) is 30.6 Å². The number of amides is 4. The second-order valence-corrected chi connectivity index (χ2v) is 8.28. The standard InChI is InChI=1S/C21H20N6O6/c28-17-6-5-15(18(29)22-17)26-9-11-3-4-12(8-13(11)19(26)30)27-10-14(23-24-27)20(31)25-7-1-2-16(25)21(32)33/h3-4,8,10,15-16H,1-2,5-7,9H2,(H,32,33)(H,22,28,29)/t15?,16-/m0/s1. The number of aromatic nitrogens is 3. The molecule has 0 aliphatic carbocycles. The fourth-order valence-corrected chi connectivity index (χ4v) is 4.59. The molecule has 2 N–H and O–H groups in total. The predicted molar refractivity (Wildman–Crippen MR) is 109 cm³/mol. The third kappa shape index (κ3) is 3.52. The SMILES string of the molecule is O=C1CCC(N2Cc3ccc(-n4cc(C(=O)N5CCC[C@H]5C(=O)O)nn4)cc3C2=O)C(=O)N1. The van der Waals surface area contributed by atoms with Gasteiger partial charge in [-0.1, -0.05) is 11.3 Å². The molecule has 1 aromatic heterocycles. The first kappa shape index (κ1) is 20.8. The second-order valence-electron chi connectivity index (χ2n) is 8.28. The Kier molecular flexibility index (Phi) is 4.91. The van der Waals surface area contributed by atoms with Crippen LogP contribution in [-0.4, -0.2) is 78.1 Å². The quantitative estimate of drug-likeness (QED) is 0.600. The van der Waals surface area contributed by atoms with E-state index in [1.165, 1.54) is 20.7 Å². The van der Waals surface area contributed by atoms with Crippen molar-refractivity contribution in [1.29, 1.82) is 0 Å². The first-order chi connectivity index (χ1) is 15.8. The zero-order chi connectivity index (χ0) is 23.3. The lowest BCUT2D eigenvalue weighted by Gasteiger charge is -2.29. The molecule has 0 saturated carbocycles. The van der Waals surface area contributed by atoms with E-state index in [1.807, 2.05) is 0 Å². The number of nitrogens with one attached hydrogen (secondary N) is 1. The molecule has 2 aromatic rings. The number of nitrogens with zero attached hydrogens (tertiary/aromatic N) is 5. The molecule has 33 heavy (non-hydrogen) atoms. The van der Waals surface area contributed by atoms with Crippen molar-refractivity contribution in [2.45, 2.75) is 44.3 Å². The molecular formula is C21H20N6O6. The maximum atomic E-state index is 13.0. The molecule has 1 unspecified atom stereocenters. The van der Waals surface area contributed by atoms with Crippen molar-refractivity contribution in [3.05, 3.63) is 41.2 Å². The zero-order valence-corrected chi connectivity index (χ0v) is 17.4. The van der Waals surface area contributed by atoms with Gasteiger partial charge in [0.15, 0.2) is 5.69 Å². The highest BCUT2D eigenvalue weighted by atomic mass is 16.4. The molecule has 2 saturated heterocycles. The number of carboxylic acid groups (broad SMARTS) is 1. The average molecular weight is 452 g/mol. The number of carbonyl (C=O) groups is 5. The molecule has 3 aliphatic heterocycles. The minimum Gasteiger partial charge on any atom is -0.480 e. The van der Waals surface area contributed by atoms with Gasteiger partial charge in [0.05, 0.1) is 11.9 Å². The topological polar surface area (TPSA) is 155 Å². The Hall–Kier alpha value is -4.09. The number of piperidine rings is 1. The molecule has 0 spiro atoms. The summed E-state index contributed by atoms with van der Waals surface area (Å²) in [4.78, 5) is 63.5. The van der Waals surface area contributed by atoms with Crippen molar-refractivity contribution >= 4 is 29.6 Å². The van der Waals surface area contributed by atoms with Crippen molar-refractivity contribution < 1.29 is 29.1 Å². The summed E-state index contributed by atoms with van der Waals surface area (Å²) in [6.07, 6.45) is 2.86. The molecular weight excluding hydrogens is 432 g/mol. The van der Waals surface area contributed by atoms with Crippen molar-refractivity contribution in [2.24, 2.45) is 0 Å². The van der Waals surface area contributed by atoms with Crippen LogP contribution in [0.5, 0.6) is 0 Å². The summed E-state index contributed by atoms with van der Waals surface area (Å²) in [6.45, 7) is 0.597. The third-order valence-electron chi connectivity index (χ3n) is 6.29. The number of likely N-dealkylation sites (tertiary alicyclic amines) is 1. The van der Waals surface area contributed by atoms with Crippen LogP contribution >= 0.6 is 0 Å². The molecule has 1 aromatic carbocycles. The van der Waals surface area contributed by atoms with Gasteiger partial charge in [0, 0.05) is 25.1 Å². The van der Waals surface area contributed by atoms with Crippen LogP contribution < -0.4 is 5.32 Å².